The number of likely N-dealkylation sites (tertiary alicyclic amines) is 1. The van der Waals surface area contributed by atoms with E-state index in [1.54, 1.807) is 61.6 Å². The Morgan fingerprint density at radius 2 is 1.33 bits per heavy atom. The van der Waals surface area contributed by atoms with E-state index >= 15 is 0 Å². The molecule has 230 valence electrons. The molecule has 0 aromatic heterocycles. The van der Waals surface area contributed by atoms with Crippen molar-refractivity contribution in [3.05, 3.63) is 63.6 Å². The summed E-state index contributed by atoms with van der Waals surface area (Å²) < 4.78 is 11.9. The van der Waals surface area contributed by atoms with Gasteiger partial charge in [0.05, 0.1) is 25.8 Å². The third-order valence-electron chi connectivity index (χ3n) is 8.15. The third-order valence-corrected chi connectivity index (χ3v) is 8.67. The number of hydrogen-bond acceptors (Lipinski definition) is 5. The fourth-order valence-corrected chi connectivity index (χ4v) is 5.98. The molecule has 2 aromatic carbocycles. The van der Waals surface area contributed by atoms with E-state index in [0.717, 1.165) is 23.7 Å². The molecule has 7 heteroatoms. The number of carbonyl (C=O) groups is 2. The fraction of sp³-hybridized carbons (Fsp3) is 0.543. The molecule has 1 fully saturated rings. The Bertz CT molecular complexity index is 1180. The summed E-state index contributed by atoms with van der Waals surface area (Å²) in [5.74, 6) is -0.358. The summed E-state index contributed by atoms with van der Waals surface area (Å²) in [7, 11) is 3.12. The van der Waals surface area contributed by atoms with Crippen molar-refractivity contribution in [2.75, 3.05) is 20.8 Å². The van der Waals surface area contributed by atoms with Crippen molar-refractivity contribution < 1.29 is 24.2 Å². The van der Waals surface area contributed by atoms with Gasteiger partial charge in [-0.3, -0.25) is 9.59 Å². The zero-order valence-corrected chi connectivity index (χ0v) is 27.2. The Hall–Kier alpha value is -2.80. The molecular weight excluding hydrogens is 594 g/mol. The zero-order chi connectivity index (χ0) is 30.3. The predicted molar refractivity (Wildman–Crippen MR) is 173 cm³/mol. The van der Waals surface area contributed by atoms with Crippen LogP contribution in [-0.2, 0) is 9.59 Å². The monoisotopic (exact) mass is 641 g/mol. The number of carbonyl (C=O) groups excluding carboxylic acids is 2. The lowest BCUT2D eigenvalue weighted by atomic mass is 9.94. The molecular formula is C35H48BrNO5. The Labute approximate surface area is 260 Å². The van der Waals surface area contributed by atoms with Gasteiger partial charge < -0.3 is 19.5 Å². The summed E-state index contributed by atoms with van der Waals surface area (Å²) in [6.45, 7) is 2.69. The number of Topliss-reactive ketones (excluding diaryl/α,β-unsaturated/α-hetero) is 1. The van der Waals surface area contributed by atoms with Gasteiger partial charge >= 0.3 is 0 Å². The Morgan fingerprint density at radius 3 is 1.86 bits per heavy atom. The fourth-order valence-electron chi connectivity index (χ4n) is 5.72. The summed E-state index contributed by atoms with van der Waals surface area (Å²) in [6, 6.07) is 11.6. The number of aliphatic hydroxyl groups is 1. The van der Waals surface area contributed by atoms with Crippen molar-refractivity contribution in [3.8, 4) is 11.5 Å². The minimum absolute atomic E-state index is 0.0798. The van der Waals surface area contributed by atoms with Gasteiger partial charge in [-0.05, 0) is 30.7 Å². The van der Waals surface area contributed by atoms with Gasteiger partial charge in [-0.15, -0.1) is 0 Å². The number of halogens is 1. The van der Waals surface area contributed by atoms with Crippen LogP contribution in [0.2, 0.25) is 0 Å². The first-order valence-corrected chi connectivity index (χ1v) is 16.5. The molecule has 1 heterocycles. The lowest BCUT2D eigenvalue weighted by Crippen LogP contribution is -2.31. The number of nitrogens with zero attached hydrogens (tertiary/aromatic N) is 1. The van der Waals surface area contributed by atoms with Gasteiger partial charge in [0.15, 0.2) is 0 Å². The molecule has 3 rings (SSSR count). The van der Waals surface area contributed by atoms with Crippen molar-refractivity contribution in [3.63, 3.8) is 0 Å². The number of amides is 1. The molecule has 0 spiro atoms. The van der Waals surface area contributed by atoms with E-state index in [4.69, 9.17) is 9.47 Å². The maximum Gasteiger partial charge on any atom is 0.295 e. The summed E-state index contributed by atoms with van der Waals surface area (Å²) in [4.78, 5) is 28.3. The number of ketones is 1. The first kappa shape index (κ1) is 33.7. The molecule has 0 bridgehead atoms. The van der Waals surface area contributed by atoms with Gasteiger partial charge in [-0.2, -0.15) is 0 Å². The van der Waals surface area contributed by atoms with E-state index in [9.17, 15) is 14.7 Å². The van der Waals surface area contributed by atoms with Crippen LogP contribution in [0.1, 0.15) is 114 Å². The summed E-state index contributed by atoms with van der Waals surface area (Å²) in [5.41, 5.74) is 1.20. The molecule has 1 unspecified atom stereocenters. The van der Waals surface area contributed by atoms with Crippen molar-refractivity contribution in [2.24, 2.45) is 0 Å². The number of ether oxygens (including phenoxy) is 2. The molecule has 0 radical (unpaired) electrons. The minimum Gasteiger partial charge on any atom is -0.507 e. The molecule has 1 amide bonds. The van der Waals surface area contributed by atoms with Gasteiger partial charge in [-0.25, -0.2) is 0 Å². The van der Waals surface area contributed by atoms with Gasteiger partial charge in [0.2, 0.25) is 0 Å². The second-order valence-corrected chi connectivity index (χ2v) is 12.1. The van der Waals surface area contributed by atoms with Gasteiger partial charge in [0, 0.05) is 28.2 Å². The largest absolute Gasteiger partial charge is 0.507 e. The number of benzene rings is 2. The van der Waals surface area contributed by atoms with Gasteiger partial charge in [0.1, 0.15) is 17.3 Å². The SMILES string of the molecule is CCCCCCCCCCCCCCCCN1C(=O)C(=O)C(=C(O)c2ccc(Br)cc2)C1c1ccc(OC)cc1OC. The summed E-state index contributed by atoms with van der Waals surface area (Å²) in [5, 5.41) is 11.3. The average molecular weight is 643 g/mol. The second-order valence-electron chi connectivity index (χ2n) is 11.2. The molecule has 1 saturated heterocycles. The van der Waals surface area contributed by atoms with Gasteiger partial charge in [0.25, 0.3) is 11.7 Å². The van der Waals surface area contributed by atoms with Crippen LogP contribution in [0.25, 0.3) is 5.76 Å². The topological polar surface area (TPSA) is 76.1 Å². The number of unbranched alkanes of at least 4 members (excludes halogenated alkanes) is 13. The first-order valence-electron chi connectivity index (χ1n) is 15.7. The third kappa shape index (κ3) is 9.35. The van der Waals surface area contributed by atoms with Crippen molar-refractivity contribution >= 4 is 33.4 Å². The molecule has 0 aliphatic carbocycles. The molecule has 1 aliphatic rings. The van der Waals surface area contributed by atoms with Crippen LogP contribution < -0.4 is 9.47 Å². The van der Waals surface area contributed by atoms with E-state index in [1.807, 2.05) is 0 Å². The standard InChI is InChI=1S/C35H48BrNO5/c1-4-5-6-7-8-9-10-11-12-13-14-15-16-17-24-37-32(29-23-22-28(41-2)25-30(29)42-3)31(34(39)35(37)40)33(38)26-18-20-27(36)21-19-26/h18-23,25,32,38H,4-17,24H2,1-3H3. The zero-order valence-electron chi connectivity index (χ0n) is 25.6. The molecule has 1 N–H and O–H groups in total. The Balaban J connectivity index is 1.63. The first-order chi connectivity index (χ1) is 20.4. The van der Waals surface area contributed by atoms with E-state index in [-0.39, 0.29) is 11.3 Å². The van der Waals surface area contributed by atoms with Crippen molar-refractivity contribution in [2.45, 2.75) is 103 Å². The van der Waals surface area contributed by atoms with E-state index < -0.39 is 17.7 Å². The quantitative estimate of drug-likeness (QED) is 0.0715. The van der Waals surface area contributed by atoms with Crippen LogP contribution in [0, 0.1) is 0 Å². The summed E-state index contributed by atoms with van der Waals surface area (Å²) in [6.07, 6.45) is 17.4. The number of rotatable bonds is 19. The molecule has 42 heavy (non-hydrogen) atoms. The van der Waals surface area contributed by atoms with Crippen LogP contribution in [0.15, 0.2) is 52.5 Å². The van der Waals surface area contributed by atoms with Crippen LogP contribution in [0.4, 0.5) is 0 Å². The summed E-state index contributed by atoms with van der Waals surface area (Å²) >= 11 is 3.41. The Kier molecular flexibility index (Phi) is 14.4. The van der Waals surface area contributed by atoms with Crippen LogP contribution in [0.5, 0.6) is 11.5 Å². The molecule has 2 aromatic rings. The Morgan fingerprint density at radius 1 is 0.786 bits per heavy atom. The molecule has 0 saturated carbocycles. The van der Waals surface area contributed by atoms with Crippen molar-refractivity contribution in [1.29, 1.82) is 0 Å². The number of methoxy groups -OCH3 is 2. The maximum absolute atomic E-state index is 13.4. The van der Waals surface area contributed by atoms with Crippen LogP contribution in [-0.4, -0.2) is 42.5 Å². The van der Waals surface area contributed by atoms with E-state index in [2.05, 4.69) is 22.9 Å². The molecule has 1 atom stereocenters. The van der Waals surface area contributed by atoms with Crippen LogP contribution in [0.3, 0.4) is 0 Å². The highest BCUT2D eigenvalue weighted by molar-refractivity contribution is 9.10. The highest BCUT2D eigenvalue weighted by Crippen LogP contribution is 2.44. The number of aliphatic hydroxyl groups excluding tert-OH is 1. The highest BCUT2D eigenvalue weighted by Gasteiger charge is 2.46. The smallest absolute Gasteiger partial charge is 0.295 e. The second kappa shape index (κ2) is 18.0. The number of hydrogen-bond donors (Lipinski definition) is 1. The van der Waals surface area contributed by atoms with Crippen molar-refractivity contribution in [1.82, 2.24) is 4.90 Å². The maximum atomic E-state index is 13.4. The van der Waals surface area contributed by atoms with E-state index in [1.165, 1.54) is 70.6 Å². The lowest BCUT2D eigenvalue weighted by Gasteiger charge is -2.27. The lowest BCUT2D eigenvalue weighted by molar-refractivity contribution is -0.139. The highest BCUT2D eigenvalue weighted by atomic mass is 79.9. The minimum atomic E-state index is -0.753. The molecule has 6 nitrogen and oxygen atoms in total. The van der Waals surface area contributed by atoms with E-state index in [0.29, 0.717) is 29.2 Å². The van der Waals surface area contributed by atoms with Gasteiger partial charge in [-0.1, -0.05) is 118 Å². The average Bonchev–Trinajstić information content (AvgIpc) is 3.25. The van der Waals surface area contributed by atoms with Crippen LogP contribution >= 0.6 is 15.9 Å². The molecule has 1 aliphatic heterocycles. The normalized spacial score (nSPS) is 16.3. The predicted octanol–water partition coefficient (Wildman–Crippen LogP) is 9.37.